The summed E-state index contributed by atoms with van der Waals surface area (Å²) in [5, 5.41) is 2.91. The normalized spacial score (nSPS) is 21.1. The number of carbonyl (C=O) groups excluding carboxylic acids is 2. The van der Waals surface area contributed by atoms with Crippen molar-refractivity contribution in [3.05, 3.63) is 28.7 Å². The molecule has 1 atom stereocenters. The molecular formula is C19H26BrN3O4S. The number of hydrogen-bond acceptors (Lipinski definition) is 4. The van der Waals surface area contributed by atoms with Gasteiger partial charge in [-0.2, -0.15) is 4.31 Å². The van der Waals surface area contributed by atoms with Crippen molar-refractivity contribution in [3.63, 3.8) is 0 Å². The van der Waals surface area contributed by atoms with Crippen molar-refractivity contribution in [3.8, 4) is 0 Å². The molecule has 3 rings (SSSR count). The molecule has 2 heterocycles. The molecule has 0 aromatic heterocycles. The first-order chi connectivity index (χ1) is 13.4. The van der Waals surface area contributed by atoms with Crippen LogP contribution in [0.25, 0.3) is 0 Å². The molecule has 28 heavy (non-hydrogen) atoms. The van der Waals surface area contributed by atoms with Crippen LogP contribution in [0, 0.1) is 5.92 Å². The van der Waals surface area contributed by atoms with Gasteiger partial charge in [0, 0.05) is 43.6 Å². The summed E-state index contributed by atoms with van der Waals surface area (Å²) in [6.07, 6.45) is 3.59. The molecule has 0 spiro atoms. The Hall–Kier alpha value is -1.45. The number of nitrogens with one attached hydrogen (secondary N) is 1. The quantitative estimate of drug-likeness (QED) is 0.615. The first kappa shape index (κ1) is 21.3. The van der Waals surface area contributed by atoms with Gasteiger partial charge in [-0.1, -0.05) is 15.9 Å². The van der Waals surface area contributed by atoms with Gasteiger partial charge in [0.25, 0.3) is 0 Å². The lowest BCUT2D eigenvalue weighted by Gasteiger charge is -2.31. The second-order valence-electron chi connectivity index (χ2n) is 7.29. The molecule has 1 unspecified atom stereocenters. The van der Waals surface area contributed by atoms with Gasteiger partial charge in [-0.15, -0.1) is 0 Å². The maximum absolute atomic E-state index is 12.8. The van der Waals surface area contributed by atoms with E-state index < -0.39 is 10.0 Å². The van der Waals surface area contributed by atoms with E-state index in [9.17, 15) is 18.0 Å². The lowest BCUT2D eigenvalue weighted by molar-refractivity contribution is -0.127. The van der Waals surface area contributed by atoms with E-state index >= 15 is 0 Å². The number of carbonyl (C=O) groups is 2. The van der Waals surface area contributed by atoms with Crippen LogP contribution in [0.4, 0.5) is 0 Å². The van der Waals surface area contributed by atoms with E-state index in [1.807, 2.05) is 4.90 Å². The molecular weight excluding hydrogens is 446 g/mol. The summed E-state index contributed by atoms with van der Waals surface area (Å²) >= 11 is 3.31. The number of amides is 2. The number of hydrogen-bond donors (Lipinski definition) is 1. The zero-order valence-corrected chi connectivity index (χ0v) is 18.2. The minimum atomic E-state index is -3.60. The van der Waals surface area contributed by atoms with Crippen molar-refractivity contribution in [2.45, 2.75) is 37.0 Å². The maximum Gasteiger partial charge on any atom is 0.243 e. The summed E-state index contributed by atoms with van der Waals surface area (Å²) in [5.41, 5.74) is 0. The molecule has 2 fully saturated rings. The molecule has 0 radical (unpaired) electrons. The van der Waals surface area contributed by atoms with E-state index in [1.165, 1.54) is 4.31 Å². The molecule has 0 bridgehead atoms. The van der Waals surface area contributed by atoms with Crippen LogP contribution in [0.2, 0.25) is 0 Å². The van der Waals surface area contributed by atoms with Crippen molar-refractivity contribution in [2.75, 3.05) is 32.7 Å². The predicted octanol–water partition coefficient (Wildman–Crippen LogP) is 1.98. The van der Waals surface area contributed by atoms with Crippen molar-refractivity contribution < 1.29 is 18.0 Å². The minimum Gasteiger partial charge on any atom is -0.356 e. The van der Waals surface area contributed by atoms with Crippen LogP contribution >= 0.6 is 15.9 Å². The third-order valence-electron chi connectivity index (χ3n) is 5.28. The first-order valence-corrected chi connectivity index (χ1v) is 11.9. The molecule has 0 aliphatic carbocycles. The highest BCUT2D eigenvalue weighted by atomic mass is 79.9. The highest BCUT2D eigenvalue weighted by molar-refractivity contribution is 9.10. The number of sulfonamides is 1. The summed E-state index contributed by atoms with van der Waals surface area (Å²) in [5.74, 6) is -0.261. The van der Waals surface area contributed by atoms with Crippen LogP contribution in [-0.4, -0.2) is 62.2 Å². The van der Waals surface area contributed by atoms with Crippen LogP contribution in [0.5, 0.6) is 0 Å². The van der Waals surface area contributed by atoms with Crippen LogP contribution in [0.15, 0.2) is 33.6 Å². The van der Waals surface area contributed by atoms with E-state index in [0.29, 0.717) is 45.3 Å². The van der Waals surface area contributed by atoms with Crippen LogP contribution in [-0.2, 0) is 19.6 Å². The van der Waals surface area contributed by atoms with E-state index in [4.69, 9.17) is 0 Å². The zero-order valence-electron chi connectivity index (χ0n) is 15.8. The van der Waals surface area contributed by atoms with Gasteiger partial charge < -0.3 is 10.2 Å². The Morgan fingerprint density at radius 1 is 1.18 bits per heavy atom. The summed E-state index contributed by atoms with van der Waals surface area (Å²) in [6.45, 7) is 2.60. The number of benzene rings is 1. The fourth-order valence-corrected chi connectivity index (χ4v) is 5.48. The Kier molecular flexibility index (Phi) is 7.11. The average Bonchev–Trinajstić information content (AvgIpc) is 3.10. The second-order valence-corrected chi connectivity index (χ2v) is 10.1. The van der Waals surface area contributed by atoms with Gasteiger partial charge in [-0.05, 0) is 49.9 Å². The topological polar surface area (TPSA) is 86.8 Å². The van der Waals surface area contributed by atoms with Crippen LogP contribution < -0.4 is 5.32 Å². The summed E-state index contributed by atoms with van der Waals surface area (Å²) in [4.78, 5) is 26.2. The zero-order chi connectivity index (χ0) is 20.1. The molecule has 7 nitrogen and oxygen atoms in total. The standard InChI is InChI=1S/C19H26BrN3O4S/c20-16-6-8-17(9-7-16)28(26,27)23-13-1-4-15(14-23)19(25)21-10-3-12-22-11-2-5-18(22)24/h6-9,15H,1-5,10-14H2,(H,21,25). The fourth-order valence-electron chi connectivity index (χ4n) is 3.70. The Morgan fingerprint density at radius 2 is 1.93 bits per heavy atom. The second kappa shape index (κ2) is 9.37. The number of likely N-dealkylation sites (tertiary alicyclic amines) is 1. The molecule has 2 aliphatic rings. The molecule has 154 valence electrons. The molecule has 1 N–H and O–H groups in total. The summed E-state index contributed by atoms with van der Waals surface area (Å²) < 4.78 is 27.9. The lowest BCUT2D eigenvalue weighted by atomic mass is 9.99. The minimum absolute atomic E-state index is 0.108. The summed E-state index contributed by atoms with van der Waals surface area (Å²) in [7, 11) is -3.60. The van der Waals surface area contributed by atoms with Crippen molar-refractivity contribution in [2.24, 2.45) is 5.92 Å². The molecule has 0 saturated carbocycles. The predicted molar refractivity (Wildman–Crippen MR) is 109 cm³/mol. The van der Waals surface area contributed by atoms with E-state index in [2.05, 4.69) is 21.2 Å². The van der Waals surface area contributed by atoms with Gasteiger partial charge in [0.15, 0.2) is 0 Å². The van der Waals surface area contributed by atoms with Crippen molar-refractivity contribution in [1.29, 1.82) is 0 Å². The third kappa shape index (κ3) is 5.12. The fraction of sp³-hybridized carbons (Fsp3) is 0.579. The van der Waals surface area contributed by atoms with Gasteiger partial charge in [0.2, 0.25) is 21.8 Å². The largest absolute Gasteiger partial charge is 0.356 e. The number of piperidine rings is 1. The van der Waals surface area contributed by atoms with Crippen LogP contribution in [0.3, 0.4) is 0 Å². The Morgan fingerprint density at radius 3 is 2.61 bits per heavy atom. The van der Waals surface area contributed by atoms with E-state index in [0.717, 1.165) is 17.4 Å². The van der Waals surface area contributed by atoms with Crippen molar-refractivity contribution >= 4 is 37.8 Å². The monoisotopic (exact) mass is 471 g/mol. The summed E-state index contributed by atoms with van der Waals surface area (Å²) in [6, 6.07) is 6.55. The highest BCUT2D eigenvalue weighted by Gasteiger charge is 2.33. The molecule has 2 aliphatic heterocycles. The average molecular weight is 472 g/mol. The molecule has 1 aromatic rings. The molecule has 2 amide bonds. The van der Waals surface area contributed by atoms with Gasteiger partial charge in [-0.3, -0.25) is 9.59 Å². The number of halogens is 1. The molecule has 9 heteroatoms. The Balaban J connectivity index is 1.50. The first-order valence-electron chi connectivity index (χ1n) is 9.69. The lowest BCUT2D eigenvalue weighted by Crippen LogP contribution is -2.45. The smallest absolute Gasteiger partial charge is 0.243 e. The maximum atomic E-state index is 12.8. The number of nitrogens with zero attached hydrogens (tertiary/aromatic N) is 2. The van der Waals surface area contributed by atoms with E-state index in [1.54, 1.807) is 24.3 Å². The SMILES string of the molecule is O=C(NCCCN1CCCC1=O)C1CCCN(S(=O)(=O)c2ccc(Br)cc2)C1. The van der Waals surface area contributed by atoms with Gasteiger partial charge in [0.05, 0.1) is 10.8 Å². The van der Waals surface area contributed by atoms with E-state index in [-0.39, 0.29) is 29.2 Å². The number of rotatable bonds is 7. The highest BCUT2D eigenvalue weighted by Crippen LogP contribution is 2.25. The van der Waals surface area contributed by atoms with Gasteiger partial charge in [0.1, 0.15) is 0 Å². The third-order valence-corrected chi connectivity index (χ3v) is 7.69. The Bertz CT molecular complexity index is 813. The molecule has 1 aromatic carbocycles. The van der Waals surface area contributed by atoms with Crippen LogP contribution in [0.1, 0.15) is 32.1 Å². The molecule has 2 saturated heterocycles. The van der Waals surface area contributed by atoms with Crippen molar-refractivity contribution in [1.82, 2.24) is 14.5 Å². The van der Waals surface area contributed by atoms with Gasteiger partial charge >= 0.3 is 0 Å². The Labute approximate surface area is 174 Å². The van der Waals surface area contributed by atoms with Gasteiger partial charge in [-0.25, -0.2) is 8.42 Å².